The van der Waals surface area contributed by atoms with Crippen LogP contribution < -0.4 is 29.6 Å². The van der Waals surface area contributed by atoms with Crippen LogP contribution in [0.3, 0.4) is 0 Å². The van der Waals surface area contributed by atoms with Gasteiger partial charge in [0.05, 0.1) is 0 Å². The van der Waals surface area contributed by atoms with Crippen LogP contribution in [0.5, 0.6) is 0 Å². The third-order valence-corrected chi connectivity index (χ3v) is 4.54. The minimum absolute atomic E-state index is 0. The molecule has 0 heterocycles. The summed E-state index contributed by atoms with van der Waals surface area (Å²) in [5, 5.41) is 5.57. The maximum absolute atomic E-state index is 12.7. The summed E-state index contributed by atoms with van der Waals surface area (Å²) in [5.74, 6) is 0. The SMILES string of the molecule is O=C([N-]c1cccc2ccccc12)N(Cc1ccccc1)C(=O)SS.[Na+]. The van der Waals surface area contributed by atoms with Gasteiger partial charge in [-0.15, -0.1) is 11.7 Å². The number of nitrogens with zero attached hydrogens (tertiary/aromatic N) is 2. The van der Waals surface area contributed by atoms with Crippen molar-refractivity contribution >= 4 is 50.2 Å². The zero-order valence-corrected chi connectivity index (χ0v) is 17.9. The minimum atomic E-state index is -0.605. The van der Waals surface area contributed by atoms with Crippen LogP contribution in [0.25, 0.3) is 16.1 Å². The number of fused-ring (bicyclic) bond motifs is 1. The molecule has 0 radical (unpaired) electrons. The number of imide groups is 1. The Balaban J connectivity index is 0.00000243. The van der Waals surface area contributed by atoms with Crippen molar-refractivity contribution in [3.05, 3.63) is 83.7 Å². The standard InChI is InChI=1S/C19H16N2O2S2.Na/c22-18(20-17-12-6-10-15-9-4-5-11-16(15)17)21(19(23)25-24)13-14-7-2-1-3-8-14;/h1-12H,13H2,(H2,20,22,24);/q;+1/p-1. The van der Waals surface area contributed by atoms with Crippen molar-refractivity contribution in [3.63, 3.8) is 0 Å². The zero-order chi connectivity index (χ0) is 17.6. The fourth-order valence-electron chi connectivity index (χ4n) is 2.49. The number of rotatable bonds is 3. The maximum atomic E-state index is 12.7. The van der Waals surface area contributed by atoms with E-state index in [4.69, 9.17) is 0 Å². The van der Waals surface area contributed by atoms with Gasteiger partial charge in [-0.1, -0.05) is 72.8 Å². The number of benzene rings is 3. The Kier molecular flexibility index (Phi) is 8.06. The topological polar surface area (TPSA) is 51.5 Å². The predicted molar refractivity (Wildman–Crippen MR) is 106 cm³/mol. The molecule has 0 aliphatic heterocycles. The second-order valence-electron chi connectivity index (χ2n) is 5.32. The van der Waals surface area contributed by atoms with Gasteiger partial charge in [0.2, 0.25) is 5.24 Å². The Bertz CT molecular complexity index is 901. The summed E-state index contributed by atoms with van der Waals surface area (Å²) in [6.45, 7) is 0.153. The number of hydrogen-bond donors (Lipinski definition) is 1. The third-order valence-electron chi connectivity index (χ3n) is 3.70. The molecule has 0 atom stereocenters. The van der Waals surface area contributed by atoms with E-state index in [1.165, 1.54) is 0 Å². The first kappa shape index (κ1) is 20.9. The first-order chi connectivity index (χ1) is 12.2. The molecule has 3 amide bonds. The molecule has 126 valence electrons. The van der Waals surface area contributed by atoms with Gasteiger partial charge in [0.1, 0.15) is 0 Å². The molecular weight excluding hydrogens is 375 g/mol. The van der Waals surface area contributed by atoms with Crippen molar-refractivity contribution < 1.29 is 39.1 Å². The van der Waals surface area contributed by atoms with Gasteiger partial charge >= 0.3 is 29.6 Å². The van der Waals surface area contributed by atoms with Crippen LogP contribution >= 0.6 is 22.5 Å². The van der Waals surface area contributed by atoms with E-state index in [2.05, 4.69) is 17.0 Å². The molecule has 0 saturated carbocycles. The molecule has 0 unspecified atom stereocenters. The molecular formula is C19H15N2NaO2S2. The van der Waals surface area contributed by atoms with E-state index >= 15 is 0 Å². The van der Waals surface area contributed by atoms with Crippen LogP contribution in [0.4, 0.5) is 15.3 Å². The van der Waals surface area contributed by atoms with Crippen LogP contribution in [0.15, 0.2) is 72.8 Å². The molecule has 0 spiro atoms. The number of thiol groups is 1. The molecule has 3 aromatic carbocycles. The van der Waals surface area contributed by atoms with Gasteiger partial charge in [-0.05, 0) is 39.4 Å². The molecule has 0 aromatic heterocycles. The summed E-state index contributed by atoms with van der Waals surface area (Å²) in [4.78, 5) is 25.9. The van der Waals surface area contributed by atoms with E-state index in [1.54, 1.807) is 6.07 Å². The van der Waals surface area contributed by atoms with Crippen molar-refractivity contribution in [2.75, 3.05) is 0 Å². The summed E-state index contributed by atoms with van der Waals surface area (Å²) in [7, 11) is 0.695. The Morgan fingerprint density at radius 3 is 2.31 bits per heavy atom. The number of urea groups is 1. The second-order valence-corrected chi connectivity index (χ2v) is 6.40. The average molecular weight is 390 g/mol. The quantitative estimate of drug-likeness (QED) is 0.425. The second kappa shape index (κ2) is 10.0. The molecule has 0 bridgehead atoms. The number of carbonyl (C=O) groups excluding carboxylic acids is 2. The zero-order valence-electron chi connectivity index (χ0n) is 14.2. The molecule has 26 heavy (non-hydrogen) atoms. The molecule has 0 aliphatic carbocycles. The van der Waals surface area contributed by atoms with Gasteiger partial charge in [-0.2, -0.15) is 0 Å². The molecule has 0 aliphatic rings. The Morgan fingerprint density at radius 2 is 1.58 bits per heavy atom. The van der Waals surface area contributed by atoms with Gasteiger partial charge in [0, 0.05) is 0 Å². The van der Waals surface area contributed by atoms with E-state index in [1.807, 2.05) is 66.7 Å². The maximum Gasteiger partial charge on any atom is 1.00 e. The van der Waals surface area contributed by atoms with Gasteiger partial charge in [-0.3, -0.25) is 9.59 Å². The predicted octanol–water partition coefficient (Wildman–Crippen LogP) is 3.17. The van der Waals surface area contributed by atoms with Gasteiger partial charge < -0.3 is 10.2 Å². The van der Waals surface area contributed by atoms with Gasteiger partial charge in [0.15, 0.2) is 6.03 Å². The first-order valence-corrected chi connectivity index (χ1v) is 9.46. The van der Waals surface area contributed by atoms with E-state index in [0.717, 1.165) is 21.2 Å². The Hall–Kier alpha value is -1.44. The molecule has 4 nitrogen and oxygen atoms in total. The summed E-state index contributed by atoms with van der Waals surface area (Å²) in [6.07, 6.45) is 0. The summed E-state index contributed by atoms with van der Waals surface area (Å²) >= 11 is 3.93. The summed E-state index contributed by atoms with van der Waals surface area (Å²) < 4.78 is 0. The molecule has 0 saturated heterocycles. The normalized spacial score (nSPS) is 10.0. The summed E-state index contributed by atoms with van der Waals surface area (Å²) in [5.41, 5.74) is 1.39. The third kappa shape index (κ3) is 5.05. The van der Waals surface area contributed by atoms with Crippen LogP contribution in [0.1, 0.15) is 5.56 Å². The first-order valence-electron chi connectivity index (χ1n) is 7.59. The van der Waals surface area contributed by atoms with Crippen LogP contribution in [0, 0.1) is 0 Å². The average Bonchev–Trinajstić information content (AvgIpc) is 2.66. The largest absolute Gasteiger partial charge is 1.00 e. The molecule has 3 rings (SSSR count). The number of amides is 3. The van der Waals surface area contributed by atoms with E-state index in [-0.39, 0.29) is 36.1 Å². The number of carbonyl (C=O) groups is 2. The molecule has 0 fully saturated rings. The van der Waals surface area contributed by atoms with E-state index in [0.29, 0.717) is 16.5 Å². The van der Waals surface area contributed by atoms with E-state index in [9.17, 15) is 9.59 Å². The fraction of sp³-hybridized carbons (Fsp3) is 0.0526. The Labute approximate surface area is 183 Å². The molecule has 7 heteroatoms. The Morgan fingerprint density at radius 1 is 0.923 bits per heavy atom. The minimum Gasteiger partial charge on any atom is -0.400 e. The van der Waals surface area contributed by atoms with Crippen molar-refractivity contribution in [1.29, 1.82) is 0 Å². The summed E-state index contributed by atoms with van der Waals surface area (Å²) in [6, 6.07) is 21.9. The smallest absolute Gasteiger partial charge is 0.400 e. The monoisotopic (exact) mass is 390 g/mol. The number of hydrogen-bond acceptors (Lipinski definition) is 4. The van der Waals surface area contributed by atoms with Crippen molar-refractivity contribution in [1.82, 2.24) is 4.90 Å². The molecule has 0 N–H and O–H groups in total. The van der Waals surface area contributed by atoms with Crippen molar-refractivity contribution in [2.45, 2.75) is 6.54 Å². The van der Waals surface area contributed by atoms with Crippen molar-refractivity contribution in [2.24, 2.45) is 0 Å². The van der Waals surface area contributed by atoms with Crippen molar-refractivity contribution in [3.8, 4) is 0 Å². The van der Waals surface area contributed by atoms with Crippen LogP contribution in [0.2, 0.25) is 0 Å². The van der Waals surface area contributed by atoms with Gasteiger partial charge in [-0.25, -0.2) is 0 Å². The van der Waals surface area contributed by atoms with E-state index < -0.39 is 11.3 Å². The van der Waals surface area contributed by atoms with Crippen LogP contribution in [-0.4, -0.2) is 16.2 Å². The van der Waals surface area contributed by atoms with Gasteiger partial charge in [0.25, 0.3) is 0 Å². The fourth-order valence-corrected chi connectivity index (χ4v) is 3.03. The molecule has 3 aromatic rings. The van der Waals surface area contributed by atoms with Crippen LogP contribution in [-0.2, 0) is 6.54 Å².